The van der Waals surface area contributed by atoms with Gasteiger partial charge in [-0.25, -0.2) is 0 Å². The van der Waals surface area contributed by atoms with E-state index in [1.54, 1.807) is 13.0 Å². The summed E-state index contributed by atoms with van der Waals surface area (Å²) in [7, 11) is 0. The number of benzene rings is 1. The zero-order valence-electron chi connectivity index (χ0n) is 8.06. The van der Waals surface area contributed by atoms with Crippen LogP contribution >= 0.6 is 0 Å². The van der Waals surface area contributed by atoms with Crippen LogP contribution in [0.15, 0.2) is 24.3 Å². The number of hydrogen-bond donors (Lipinski definition) is 1. The van der Waals surface area contributed by atoms with Crippen molar-refractivity contribution >= 4 is 5.71 Å². The first-order valence-electron chi connectivity index (χ1n) is 4.36. The van der Waals surface area contributed by atoms with Crippen LogP contribution in [0.25, 0.3) is 0 Å². The van der Waals surface area contributed by atoms with E-state index in [0.29, 0.717) is 12.0 Å². The predicted octanol–water partition coefficient (Wildman–Crippen LogP) is 3.36. The van der Waals surface area contributed by atoms with Crippen LogP contribution < -0.4 is 4.74 Å². The molecule has 0 aromatic heterocycles. The Bertz CT molecular complexity index is 360. The second-order valence-electron chi connectivity index (χ2n) is 2.91. The van der Waals surface area contributed by atoms with Crippen LogP contribution in [-0.2, 0) is 0 Å². The first-order valence-corrected chi connectivity index (χ1v) is 4.36. The lowest BCUT2D eigenvalue weighted by atomic mass is 10.1. The second kappa shape index (κ2) is 4.33. The fourth-order valence-corrected chi connectivity index (χ4v) is 1.09. The Morgan fingerprint density at radius 1 is 1.40 bits per heavy atom. The molecule has 15 heavy (non-hydrogen) atoms. The minimum Gasteiger partial charge on any atom is -0.406 e. The summed E-state index contributed by atoms with van der Waals surface area (Å²) in [5, 5.41) is 7.47. The van der Waals surface area contributed by atoms with Crippen LogP contribution in [0.3, 0.4) is 0 Å². The number of halogens is 3. The maximum Gasteiger partial charge on any atom is 0.573 e. The molecule has 0 spiro atoms. The molecule has 0 saturated heterocycles. The van der Waals surface area contributed by atoms with E-state index >= 15 is 0 Å². The number of rotatable bonds is 3. The first kappa shape index (κ1) is 11.6. The third kappa shape index (κ3) is 3.61. The smallest absolute Gasteiger partial charge is 0.406 e. The third-order valence-electron chi connectivity index (χ3n) is 1.77. The van der Waals surface area contributed by atoms with Gasteiger partial charge in [0.2, 0.25) is 0 Å². The van der Waals surface area contributed by atoms with Gasteiger partial charge >= 0.3 is 6.36 Å². The van der Waals surface area contributed by atoms with Crippen LogP contribution in [-0.4, -0.2) is 12.1 Å². The second-order valence-corrected chi connectivity index (χ2v) is 2.91. The molecule has 1 aromatic rings. The van der Waals surface area contributed by atoms with Crippen molar-refractivity contribution in [2.75, 3.05) is 0 Å². The van der Waals surface area contributed by atoms with E-state index in [2.05, 4.69) is 4.74 Å². The van der Waals surface area contributed by atoms with E-state index in [0.717, 1.165) is 0 Å². The molecule has 0 saturated carbocycles. The zero-order chi connectivity index (χ0) is 11.5. The van der Waals surface area contributed by atoms with Gasteiger partial charge in [0.05, 0.1) is 0 Å². The fraction of sp³-hybridized carbons (Fsp3) is 0.300. The van der Waals surface area contributed by atoms with Crippen molar-refractivity contribution in [3.63, 3.8) is 0 Å². The van der Waals surface area contributed by atoms with E-state index in [1.807, 2.05) is 0 Å². The van der Waals surface area contributed by atoms with Crippen LogP contribution in [0, 0.1) is 5.41 Å². The van der Waals surface area contributed by atoms with Crippen molar-refractivity contribution in [1.82, 2.24) is 0 Å². The molecule has 0 aliphatic rings. The van der Waals surface area contributed by atoms with Crippen LogP contribution in [0.1, 0.15) is 18.9 Å². The molecule has 82 valence electrons. The Labute approximate surface area is 85.2 Å². The van der Waals surface area contributed by atoms with Gasteiger partial charge in [-0.2, -0.15) is 0 Å². The van der Waals surface area contributed by atoms with Crippen molar-refractivity contribution in [2.45, 2.75) is 19.7 Å². The summed E-state index contributed by atoms with van der Waals surface area (Å²) >= 11 is 0. The lowest BCUT2D eigenvalue weighted by molar-refractivity contribution is -0.274. The molecule has 0 bridgehead atoms. The molecule has 0 heterocycles. The molecule has 1 rings (SSSR count). The van der Waals surface area contributed by atoms with Crippen LogP contribution in [0.2, 0.25) is 0 Å². The number of ether oxygens (including phenoxy) is 1. The lowest BCUT2D eigenvalue weighted by Gasteiger charge is -2.09. The van der Waals surface area contributed by atoms with Gasteiger partial charge in [0.25, 0.3) is 0 Å². The minimum atomic E-state index is -4.69. The Balaban J connectivity index is 2.88. The van der Waals surface area contributed by atoms with Crippen LogP contribution in [0.4, 0.5) is 13.2 Å². The van der Waals surface area contributed by atoms with Crippen molar-refractivity contribution in [3.8, 4) is 5.75 Å². The highest BCUT2D eigenvalue weighted by molar-refractivity contribution is 5.98. The molecular weight excluding hydrogens is 207 g/mol. The van der Waals surface area contributed by atoms with Gasteiger partial charge < -0.3 is 10.1 Å². The molecule has 0 unspecified atom stereocenters. The lowest BCUT2D eigenvalue weighted by Crippen LogP contribution is -2.17. The summed E-state index contributed by atoms with van der Waals surface area (Å²) in [4.78, 5) is 0. The molecule has 0 radical (unpaired) electrons. The first-order chi connectivity index (χ1) is 6.92. The average Bonchev–Trinajstić information content (AvgIpc) is 2.14. The van der Waals surface area contributed by atoms with Gasteiger partial charge in [0, 0.05) is 5.71 Å². The Morgan fingerprint density at radius 3 is 2.60 bits per heavy atom. The van der Waals surface area contributed by atoms with Gasteiger partial charge in [-0.15, -0.1) is 13.2 Å². The van der Waals surface area contributed by atoms with Gasteiger partial charge in [-0.3, -0.25) is 0 Å². The fourth-order valence-electron chi connectivity index (χ4n) is 1.09. The Morgan fingerprint density at radius 2 is 2.07 bits per heavy atom. The zero-order valence-corrected chi connectivity index (χ0v) is 8.06. The number of nitrogens with one attached hydrogen (secondary N) is 1. The molecule has 1 N–H and O–H groups in total. The highest BCUT2D eigenvalue weighted by Crippen LogP contribution is 2.23. The number of hydrogen-bond acceptors (Lipinski definition) is 2. The molecule has 1 aromatic carbocycles. The SMILES string of the molecule is CCC(=N)c1cccc(OC(F)(F)F)c1. The van der Waals surface area contributed by atoms with E-state index in [-0.39, 0.29) is 11.5 Å². The van der Waals surface area contributed by atoms with E-state index < -0.39 is 6.36 Å². The Hall–Kier alpha value is -1.52. The summed E-state index contributed by atoms with van der Waals surface area (Å²) < 4.78 is 39.4. The normalized spacial score (nSPS) is 11.2. The largest absolute Gasteiger partial charge is 0.573 e. The van der Waals surface area contributed by atoms with E-state index in [1.165, 1.54) is 18.2 Å². The summed E-state index contributed by atoms with van der Waals surface area (Å²) in [5.41, 5.74) is 0.724. The van der Waals surface area contributed by atoms with Crippen molar-refractivity contribution in [2.24, 2.45) is 0 Å². The van der Waals surface area contributed by atoms with Crippen molar-refractivity contribution in [1.29, 1.82) is 5.41 Å². The quantitative estimate of drug-likeness (QED) is 0.773. The third-order valence-corrected chi connectivity index (χ3v) is 1.77. The standard InChI is InChI=1S/C10H10F3NO/c1-2-9(14)7-4-3-5-8(6-7)15-10(11,12)13/h3-6,14H,2H2,1H3. The van der Waals surface area contributed by atoms with Gasteiger partial charge in [0.15, 0.2) is 0 Å². The summed E-state index contributed by atoms with van der Waals surface area (Å²) in [6.45, 7) is 1.76. The highest BCUT2D eigenvalue weighted by atomic mass is 19.4. The molecule has 0 aliphatic carbocycles. The van der Waals surface area contributed by atoms with Crippen LogP contribution in [0.5, 0.6) is 5.75 Å². The average molecular weight is 217 g/mol. The molecule has 0 fully saturated rings. The summed E-state index contributed by atoms with van der Waals surface area (Å²) in [6, 6.07) is 5.43. The highest BCUT2D eigenvalue weighted by Gasteiger charge is 2.31. The Kier molecular flexibility index (Phi) is 3.34. The van der Waals surface area contributed by atoms with Gasteiger partial charge in [-0.1, -0.05) is 19.1 Å². The summed E-state index contributed by atoms with van der Waals surface area (Å²) in [5.74, 6) is -0.293. The van der Waals surface area contributed by atoms with E-state index in [4.69, 9.17) is 5.41 Å². The molecular formula is C10H10F3NO. The topological polar surface area (TPSA) is 33.1 Å². The maximum atomic E-state index is 11.9. The van der Waals surface area contributed by atoms with E-state index in [9.17, 15) is 13.2 Å². The molecule has 0 aliphatic heterocycles. The van der Waals surface area contributed by atoms with Gasteiger partial charge in [-0.05, 0) is 24.1 Å². The monoisotopic (exact) mass is 217 g/mol. The van der Waals surface area contributed by atoms with Gasteiger partial charge in [0.1, 0.15) is 5.75 Å². The molecule has 5 heteroatoms. The van der Waals surface area contributed by atoms with Crippen molar-refractivity contribution < 1.29 is 17.9 Å². The summed E-state index contributed by atoms with van der Waals surface area (Å²) in [6.07, 6.45) is -4.22. The maximum absolute atomic E-state index is 11.9. The molecule has 0 atom stereocenters. The van der Waals surface area contributed by atoms with Crippen molar-refractivity contribution in [3.05, 3.63) is 29.8 Å². The predicted molar refractivity (Wildman–Crippen MR) is 50.2 cm³/mol. The molecule has 0 amide bonds. The minimum absolute atomic E-state index is 0.280. The molecule has 2 nitrogen and oxygen atoms in total. The number of alkyl halides is 3.